The Balaban J connectivity index is 0.000000336. The van der Waals surface area contributed by atoms with Crippen molar-refractivity contribution >= 4 is 0 Å². The molecule has 1 aromatic heterocycles. The number of aromatic nitrogens is 2. The molecule has 7 nitrogen and oxygen atoms in total. The highest BCUT2D eigenvalue weighted by Crippen LogP contribution is 2.03. The maximum absolute atomic E-state index is 9.29. The monoisotopic (exact) mass is 240 g/mol. The van der Waals surface area contributed by atoms with E-state index in [2.05, 4.69) is 0 Å². The fraction of sp³-hybridized carbons (Fsp3) is 0.571. The molecule has 0 fully saturated rings. The van der Waals surface area contributed by atoms with Gasteiger partial charge in [0.1, 0.15) is 12.4 Å². The van der Waals surface area contributed by atoms with Crippen LogP contribution in [0.15, 0.2) is 18.7 Å². The van der Waals surface area contributed by atoms with Gasteiger partial charge in [-0.25, -0.2) is 27.8 Å². The summed E-state index contributed by atoms with van der Waals surface area (Å²) >= 11 is 0. The zero-order valence-electron chi connectivity index (χ0n) is 8.37. The second-order valence-corrected chi connectivity index (χ2v) is 3.55. The van der Waals surface area contributed by atoms with Crippen LogP contribution in [0.25, 0.3) is 0 Å². The third-order valence-electron chi connectivity index (χ3n) is 1.50. The highest BCUT2D eigenvalue weighted by atomic mass is 35.7. The van der Waals surface area contributed by atoms with Gasteiger partial charge in [-0.05, 0) is 0 Å². The number of aryl methyl sites for hydroxylation is 1. The van der Waals surface area contributed by atoms with Crippen molar-refractivity contribution in [2.75, 3.05) is 0 Å². The molecule has 0 aliphatic carbocycles. The van der Waals surface area contributed by atoms with Crippen molar-refractivity contribution in [3.05, 3.63) is 18.7 Å². The summed E-state index contributed by atoms with van der Waals surface area (Å²) in [6.07, 6.45) is 5.98. The Morgan fingerprint density at radius 1 is 1.40 bits per heavy atom. The smallest absolute Gasteiger partial charge is 0.245 e. The molecule has 0 aliphatic heterocycles. The minimum atomic E-state index is -4.94. The number of nitrogens with zero attached hydrogens (tertiary/aromatic N) is 2. The van der Waals surface area contributed by atoms with E-state index in [1.54, 1.807) is 4.57 Å². The summed E-state index contributed by atoms with van der Waals surface area (Å²) in [6, 6.07) is 0. The van der Waals surface area contributed by atoms with Crippen molar-refractivity contribution in [1.82, 2.24) is 4.57 Å². The van der Waals surface area contributed by atoms with Gasteiger partial charge in [0.05, 0.1) is 7.05 Å². The van der Waals surface area contributed by atoms with Gasteiger partial charge >= 0.3 is 0 Å². The van der Waals surface area contributed by atoms with Crippen LogP contribution in [0.1, 0.15) is 19.6 Å². The van der Waals surface area contributed by atoms with Crippen molar-refractivity contribution in [2.45, 2.75) is 19.6 Å². The number of aliphatic hydroxyl groups is 1. The van der Waals surface area contributed by atoms with E-state index in [4.69, 9.17) is 18.6 Å². The first-order valence-corrected chi connectivity index (χ1v) is 5.30. The van der Waals surface area contributed by atoms with Gasteiger partial charge in [-0.1, -0.05) is 6.92 Å². The molecule has 0 amide bonds. The number of imidazole rings is 1. The van der Waals surface area contributed by atoms with Gasteiger partial charge < -0.3 is 5.11 Å². The van der Waals surface area contributed by atoms with Gasteiger partial charge in [0.15, 0.2) is 6.23 Å². The predicted molar refractivity (Wildman–Crippen MR) is 37.2 cm³/mol. The first-order chi connectivity index (χ1) is 6.74. The van der Waals surface area contributed by atoms with E-state index in [1.165, 1.54) is 0 Å². The quantitative estimate of drug-likeness (QED) is 0.522. The third-order valence-corrected chi connectivity index (χ3v) is 1.50. The molecule has 1 aromatic rings. The summed E-state index contributed by atoms with van der Waals surface area (Å²) in [4.78, 5) is 0. The lowest BCUT2D eigenvalue weighted by Crippen LogP contribution is -2.68. The molecule has 1 N–H and O–H groups in total. The van der Waals surface area contributed by atoms with E-state index >= 15 is 0 Å². The average molecular weight is 241 g/mol. The summed E-state index contributed by atoms with van der Waals surface area (Å²) in [6.45, 7) is 1.95. The minimum Gasteiger partial charge on any atom is -0.355 e. The normalized spacial score (nSPS) is 13.0. The molecule has 0 saturated heterocycles. The molecule has 0 spiro atoms. The summed E-state index contributed by atoms with van der Waals surface area (Å²) in [5, 5.41) is 9.29. The Kier molecular flexibility index (Phi) is 5.73. The van der Waals surface area contributed by atoms with Gasteiger partial charge in [-0.3, -0.25) is 0 Å². The molecule has 15 heavy (non-hydrogen) atoms. The molecule has 0 aromatic carbocycles. The molecule has 1 atom stereocenters. The van der Waals surface area contributed by atoms with E-state index in [0.717, 1.165) is 6.42 Å². The zero-order valence-corrected chi connectivity index (χ0v) is 9.13. The molecule has 8 heteroatoms. The van der Waals surface area contributed by atoms with E-state index in [9.17, 15) is 5.11 Å². The first-order valence-electron chi connectivity index (χ1n) is 4.06. The van der Waals surface area contributed by atoms with Crippen LogP contribution in [0, 0.1) is 10.2 Å². The summed E-state index contributed by atoms with van der Waals surface area (Å²) < 4.78 is 37.7. The lowest BCUT2D eigenvalue weighted by Gasteiger charge is -2.17. The number of hydrogen-bond acceptors (Lipinski definition) is 5. The standard InChI is InChI=1S/C7H13N2O.ClHO4/c1-3-7(10)9-5-4-8(2)6-9;2-1(3,4)5/h4-7,10H,3H2,1-2H3;(H,2,3,4,5)/q+1;/p-1. The lowest BCUT2D eigenvalue weighted by atomic mass is 10.4. The van der Waals surface area contributed by atoms with Crippen LogP contribution in [-0.4, -0.2) is 9.67 Å². The van der Waals surface area contributed by atoms with E-state index in [1.807, 2.05) is 37.3 Å². The fourth-order valence-electron chi connectivity index (χ4n) is 0.857. The zero-order chi connectivity index (χ0) is 12.1. The Hall–Kier alpha value is -0.700. The van der Waals surface area contributed by atoms with Crippen molar-refractivity contribution < 1.29 is 38.6 Å². The maximum Gasteiger partial charge on any atom is 0.245 e. The number of aliphatic hydroxyl groups excluding tert-OH is 1. The van der Waals surface area contributed by atoms with Gasteiger partial charge in [0.25, 0.3) is 0 Å². The Morgan fingerprint density at radius 2 is 1.87 bits per heavy atom. The molecule has 88 valence electrons. The highest BCUT2D eigenvalue weighted by Gasteiger charge is 2.07. The largest absolute Gasteiger partial charge is 0.355 e. The van der Waals surface area contributed by atoms with Crippen LogP contribution >= 0.6 is 0 Å². The second-order valence-electron chi connectivity index (χ2n) is 2.79. The Labute approximate surface area is 89.2 Å². The SMILES string of the molecule is CCC(O)n1cc[n+](C)c1.[O-][Cl+3]([O-])([O-])[O-]. The van der Waals surface area contributed by atoms with Crippen molar-refractivity contribution in [1.29, 1.82) is 0 Å². The predicted octanol–water partition coefficient (Wildman–Crippen LogP) is -4.54. The van der Waals surface area contributed by atoms with Crippen LogP contribution in [-0.2, 0) is 7.05 Å². The van der Waals surface area contributed by atoms with Gasteiger partial charge in [0.2, 0.25) is 6.33 Å². The van der Waals surface area contributed by atoms with Crippen molar-refractivity contribution in [3.63, 3.8) is 0 Å². The van der Waals surface area contributed by atoms with Crippen molar-refractivity contribution in [3.8, 4) is 0 Å². The summed E-state index contributed by atoms with van der Waals surface area (Å²) in [5.41, 5.74) is 0. The van der Waals surface area contributed by atoms with Crippen LogP contribution in [0.5, 0.6) is 0 Å². The van der Waals surface area contributed by atoms with Crippen molar-refractivity contribution in [2.24, 2.45) is 7.05 Å². The van der Waals surface area contributed by atoms with Crippen LogP contribution in [0.3, 0.4) is 0 Å². The minimum absolute atomic E-state index is 0.374. The molecule has 1 heterocycles. The van der Waals surface area contributed by atoms with Crippen LogP contribution in [0.2, 0.25) is 0 Å². The van der Waals surface area contributed by atoms with E-state index < -0.39 is 10.2 Å². The number of rotatable bonds is 2. The second kappa shape index (κ2) is 6.01. The first kappa shape index (κ1) is 14.3. The molecular weight excluding hydrogens is 228 g/mol. The fourth-order valence-corrected chi connectivity index (χ4v) is 0.857. The summed E-state index contributed by atoms with van der Waals surface area (Å²) in [7, 11) is -3.02. The molecule has 1 rings (SSSR count). The Bertz CT molecular complexity index is 279. The molecule has 0 radical (unpaired) electrons. The average Bonchev–Trinajstić information content (AvgIpc) is 2.47. The topological polar surface area (TPSA) is 121 Å². The van der Waals surface area contributed by atoms with E-state index in [-0.39, 0.29) is 6.23 Å². The third kappa shape index (κ3) is 8.30. The molecule has 0 bridgehead atoms. The lowest BCUT2D eigenvalue weighted by molar-refractivity contribution is -2.00. The van der Waals surface area contributed by atoms with E-state index in [0.29, 0.717) is 0 Å². The van der Waals surface area contributed by atoms with Gasteiger partial charge in [-0.2, -0.15) is 0 Å². The summed E-state index contributed by atoms with van der Waals surface area (Å²) in [5.74, 6) is 0. The van der Waals surface area contributed by atoms with Gasteiger partial charge in [0, 0.05) is 6.42 Å². The van der Waals surface area contributed by atoms with Crippen LogP contribution < -0.4 is 23.2 Å². The van der Waals surface area contributed by atoms with Crippen LogP contribution in [0.4, 0.5) is 0 Å². The number of halogens is 1. The molecule has 0 aliphatic rings. The Morgan fingerprint density at radius 3 is 2.13 bits per heavy atom. The van der Waals surface area contributed by atoms with Gasteiger partial charge in [-0.15, -0.1) is 10.2 Å². The molecular formula is C7H13ClN2O5. The maximum atomic E-state index is 9.29. The molecule has 0 saturated carbocycles. The molecule has 1 unspecified atom stereocenters. The highest BCUT2D eigenvalue weighted by molar-refractivity contribution is 4.68. The number of hydrogen-bond donors (Lipinski definition) is 1.